The summed E-state index contributed by atoms with van der Waals surface area (Å²) in [5.74, 6) is 0.585. The van der Waals surface area contributed by atoms with Crippen molar-refractivity contribution in [1.82, 2.24) is 10.6 Å². The maximum Gasteiger partial charge on any atom is 0.258 e. The Balaban J connectivity index is 1.82. The number of hydrogen-bond acceptors (Lipinski definition) is 2. The van der Waals surface area contributed by atoms with E-state index in [-0.39, 0.29) is 5.91 Å². The molecule has 0 bridgehead atoms. The summed E-state index contributed by atoms with van der Waals surface area (Å²) in [6.07, 6.45) is 4.63. The molecule has 1 aromatic rings. The zero-order valence-corrected chi connectivity index (χ0v) is 16.4. The fourth-order valence-electron chi connectivity index (χ4n) is 3.14. The first-order chi connectivity index (χ1) is 10.8. The van der Waals surface area contributed by atoms with Crippen LogP contribution in [0.1, 0.15) is 56.8 Å². The summed E-state index contributed by atoms with van der Waals surface area (Å²) >= 11 is 8.68. The lowest BCUT2D eigenvalue weighted by molar-refractivity contribution is 0.0975. The van der Waals surface area contributed by atoms with Gasteiger partial charge in [0.05, 0.1) is 5.56 Å². The molecule has 1 aliphatic rings. The van der Waals surface area contributed by atoms with Crippen LogP contribution in [0.4, 0.5) is 0 Å². The SMILES string of the molecule is CC(C)(C)C1CCC(NC(=S)NC(=O)c2ccccc2Br)CC1. The summed E-state index contributed by atoms with van der Waals surface area (Å²) in [6.45, 7) is 6.94. The second-order valence-corrected chi connectivity index (χ2v) is 8.58. The molecule has 1 saturated carbocycles. The third-order valence-electron chi connectivity index (χ3n) is 4.63. The van der Waals surface area contributed by atoms with Gasteiger partial charge in [-0.25, -0.2) is 0 Å². The second kappa shape index (κ2) is 7.75. The van der Waals surface area contributed by atoms with Crippen molar-refractivity contribution in [3.63, 3.8) is 0 Å². The highest BCUT2D eigenvalue weighted by Crippen LogP contribution is 2.37. The summed E-state index contributed by atoms with van der Waals surface area (Å²) in [6, 6.07) is 7.70. The molecule has 3 nitrogen and oxygen atoms in total. The van der Waals surface area contributed by atoms with Crippen LogP contribution >= 0.6 is 28.1 Å². The summed E-state index contributed by atoms with van der Waals surface area (Å²) in [5.41, 5.74) is 0.965. The monoisotopic (exact) mass is 396 g/mol. The number of thiocarbonyl (C=S) groups is 1. The van der Waals surface area contributed by atoms with Gasteiger partial charge in [0.1, 0.15) is 0 Å². The molecule has 5 heteroatoms. The number of amides is 1. The smallest absolute Gasteiger partial charge is 0.258 e. The van der Waals surface area contributed by atoms with Crippen molar-refractivity contribution >= 4 is 39.2 Å². The van der Waals surface area contributed by atoms with Crippen molar-refractivity contribution in [2.75, 3.05) is 0 Å². The first-order valence-electron chi connectivity index (χ1n) is 8.13. The quantitative estimate of drug-likeness (QED) is 0.714. The summed E-state index contributed by atoms with van der Waals surface area (Å²) in [4.78, 5) is 12.2. The lowest BCUT2D eigenvalue weighted by Crippen LogP contribution is -2.46. The van der Waals surface area contributed by atoms with E-state index in [0.29, 0.717) is 22.1 Å². The van der Waals surface area contributed by atoms with Crippen molar-refractivity contribution in [3.05, 3.63) is 34.3 Å². The van der Waals surface area contributed by atoms with E-state index in [4.69, 9.17) is 12.2 Å². The van der Waals surface area contributed by atoms with Gasteiger partial charge in [0, 0.05) is 10.5 Å². The normalized spacial score (nSPS) is 21.6. The molecule has 0 aromatic heterocycles. The largest absolute Gasteiger partial charge is 0.360 e. The van der Waals surface area contributed by atoms with Gasteiger partial charge in [0.25, 0.3) is 5.91 Å². The number of carbonyl (C=O) groups is 1. The Morgan fingerprint density at radius 1 is 1.17 bits per heavy atom. The van der Waals surface area contributed by atoms with Gasteiger partial charge in [-0.3, -0.25) is 10.1 Å². The minimum Gasteiger partial charge on any atom is -0.360 e. The minimum atomic E-state index is -0.182. The Hall–Kier alpha value is -0.940. The van der Waals surface area contributed by atoms with Crippen molar-refractivity contribution in [3.8, 4) is 0 Å². The number of carbonyl (C=O) groups excluding carboxylic acids is 1. The molecule has 126 valence electrons. The minimum absolute atomic E-state index is 0.182. The zero-order chi connectivity index (χ0) is 17.0. The molecule has 0 heterocycles. The molecular formula is C18H25BrN2OS. The topological polar surface area (TPSA) is 41.1 Å². The second-order valence-electron chi connectivity index (χ2n) is 7.32. The van der Waals surface area contributed by atoms with Gasteiger partial charge in [-0.1, -0.05) is 32.9 Å². The van der Waals surface area contributed by atoms with Crippen LogP contribution in [0.25, 0.3) is 0 Å². The standard InChI is InChI=1S/C18H25BrN2OS/c1-18(2,3)12-8-10-13(11-9-12)20-17(23)21-16(22)14-6-4-5-7-15(14)19/h4-7,12-13H,8-11H2,1-3H3,(H2,20,21,22,23). The van der Waals surface area contributed by atoms with Gasteiger partial charge >= 0.3 is 0 Å². The van der Waals surface area contributed by atoms with E-state index in [0.717, 1.165) is 23.2 Å². The van der Waals surface area contributed by atoms with Crippen LogP contribution in [0.3, 0.4) is 0 Å². The van der Waals surface area contributed by atoms with Gasteiger partial charge in [-0.05, 0) is 77.3 Å². The van der Waals surface area contributed by atoms with E-state index < -0.39 is 0 Å². The highest BCUT2D eigenvalue weighted by Gasteiger charge is 2.29. The molecular weight excluding hydrogens is 372 g/mol. The molecule has 1 aliphatic carbocycles. The van der Waals surface area contributed by atoms with Crippen LogP contribution < -0.4 is 10.6 Å². The average molecular weight is 397 g/mol. The van der Waals surface area contributed by atoms with Crippen molar-refractivity contribution in [2.45, 2.75) is 52.5 Å². The van der Waals surface area contributed by atoms with Crippen molar-refractivity contribution in [2.24, 2.45) is 11.3 Å². The molecule has 1 fully saturated rings. The number of rotatable bonds is 2. The maximum absolute atomic E-state index is 12.2. The van der Waals surface area contributed by atoms with Crippen LogP contribution in [0.2, 0.25) is 0 Å². The number of halogens is 1. The lowest BCUT2D eigenvalue weighted by Gasteiger charge is -2.37. The molecule has 1 aromatic carbocycles. The predicted molar refractivity (Wildman–Crippen MR) is 103 cm³/mol. The molecule has 0 unspecified atom stereocenters. The Kier molecular flexibility index (Phi) is 6.20. The van der Waals surface area contributed by atoms with E-state index in [9.17, 15) is 4.79 Å². The lowest BCUT2D eigenvalue weighted by atomic mass is 9.71. The molecule has 2 N–H and O–H groups in total. The van der Waals surface area contributed by atoms with E-state index in [2.05, 4.69) is 47.3 Å². The average Bonchev–Trinajstić information content (AvgIpc) is 2.47. The Morgan fingerprint density at radius 3 is 2.35 bits per heavy atom. The van der Waals surface area contributed by atoms with E-state index in [1.54, 1.807) is 6.07 Å². The molecule has 0 atom stereocenters. The maximum atomic E-state index is 12.2. The van der Waals surface area contributed by atoms with Gasteiger partial charge in [-0.15, -0.1) is 0 Å². The van der Waals surface area contributed by atoms with Crippen LogP contribution in [0.15, 0.2) is 28.7 Å². The summed E-state index contributed by atoms with van der Waals surface area (Å²) in [5, 5.41) is 6.49. The Labute approximate surface area is 152 Å². The fourth-order valence-corrected chi connectivity index (χ4v) is 3.87. The third-order valence-corrected chi connectivity index (χ3v) is 5.54. The van der Waals surface area contributed by atoms with Gasteiger partial charge in [0.15, 0.2) is 5.11 Å². The van der Waals surface area contributed by atoms with Gasteiger partial charge in [0.2, 0.25) is 0 Å². The number of nitrogens with one attached hydrogen (secondary N) is 2. The molecule has 0 spiro atoms. The molecule has 2 rings (SSSR count). The first-order valence-corrected chi connectivity index (χ1v) is 9.34. The fraction of sp³-hybridized carbons (Fsp3) is 0.556. The zero-order valence-electron chi connectivity index (χ0n) is 14.0. The van der Waals surface area contributed by atoms with E-state index in [1.807, 2.05) is 18.2 Å². The van der Waals surface area contributed by atoms with E-state index >= 15 is 0 Å². The Morgan fingerprint density at radius 2 is 1.78 bits per heavy atom. The predicted octanol–water partition coefficient (Wildman–Crippen LogP) is 4.66. The van der Waals surface area contributed by atoms with Crippen molar-refractivity contribution in [1.29, 1.82) is 0 Å². The highest BCUT2D eigenvalue weighted by molar-refractivity contribution is 9.10. The van der Waals surface area contributed by atoms with E-state index in [1.165, 1.54) is 12.8 Å². The van der Waals surface area contributed by atoms with Gasteiger partial charge in [-0.2, -0.15) is 0 Å². The third kappa shape index (κ3) is 5.28. The Bertz CT molecular complexity index is 575. The van der Waals surface area contributed by atoms with Gasteiger partial charge < -0.3 is 5.32 Å². The highest BCUT2D eigenvalue weighted by atomic mass is 79.9. The summed E-state index contributed by atoms with van der Waals surface area (Å²) < 4.78 is 0.769. The molecule has 1 amide bonds. The number of benzene rings is 1. The molecule has 23 heavy (non-hydrogen) atoms. The summed E-state index contributed by atoms with van der Waals surface area (Å²) in [7, 11) is 0. The van der Waals surface area contributed by atoms with Crippen LogP contribution in [0.5, 0.6) is 0 Å². The first kappa shape index (κ1) is 18.4. The molecule has 0 saturated heterocycles. The van der Waals surface area contributed by atoms with Crippen LogP contribution in [-0.2, 0) is 0 Å². The molecule has 0 radical (unpaired) electrons. The number of hydrogen-bond donors (Lipinski definition) is 2. The molecule has 0 aliphatic heterocycles. The van der Waals surface area contributed by atoms with Crippen LogP contribution in [0, 0.1) is 11.3 Å². The van der Waals surface area contributed by atoms with Crippen LogP contribution in [-0.4, -0.2) is 17.1 Å². The van der Waals surface area contributed by atoms with Crippen molar-refractivity contribution < 1.29 is 4.79 Å².